The highest BCUT2D eigenvalue weighted by Gasteiger charge is 2.39. The zero-order valence-electron chi connectivity index (χ0n) is 11.2. The molecule has 1 aromatic carbocycles. The average molecular weight is 245 g/mol. The topological polar surface area (TPSA) is 29.1 Å². The second-order valence-corrected chi connectivity index (χ2v) is 5.31. The van der Waals surface area contributed by atoms with E-state index in [1.54, 1.807) is 0 Å². The van der Waals surface area contributed by atoms with E-state index in [0.717, 1.165) is 32.1 Å². The first-order valence-electron chi connectivity index (χ1n) is 7.13. The molecule has 0 heterocycles. The number of benzene rings is 1. The van der Waals surface area contributed by atoms with Crippen molar-refractivity contribution in [3.63, 3.8) is 0 Å². The summed E-state index contributed by atoms with van der Waals surface area (Å²) < 4.78 is 0. The van der Waals surface area contributed by atoms with Crippen LogP contribution in [-0.4, -0.2) is 5.91 Å². The number of rotatable bonds is 6. The maximum Gasteiger partial charge on any atom is 0.220 e. The quantitative estimate of drug-likeness (QED) is 0.760. The highest BCUT2D eigenvalue weighted by atomic mass is 16.1. The Balaban J connectivity index is 1.95. The van der Waals surface area contributed by atoms with Crippen molar-refractivity contribution in [3.05, 3.63) is 35.9 Å². The number of unbranched alkanes of at least 4 members (excludes halogenated alkanes) is 2. The van der Waals surface area contributed by atoms with Gasteiger partial charge >= 0.3 is 0 Å². The molecule has 1 fully saturated rings. The van der Waals surface area contributed by atoms with Crippen LogP contribution in [-0.2, 0) is 10.3 Å². The van der Waals surface area contributed by atoms with E-state index in [0.29, 0.717) is 6.42 Å². The van der Waals surface area contributed by atoms with Crippen molar-refractivity contribution in [3.8, 4) is 0 Å². The van der Waals surface area contributed by atoms with E-state index in [2.05, 4.69) is 36.5 Å². The summed E-state index contributed by atoms with van der Waals surface area (Å²) in [5.41, 5.74) is 1.20. The van der Waals surface area contributed by atoms with Crippen LogP contribution in [0.1, 0.15) is 57.4 Å². The van der Waals surface area contributed by atoms with Crippen LogP contribution in [0.2, 0.25) is 0 Å². The van der Waals surface area contributed by atoms with Crippen molar-refractivity contribution >= 4 is 5.91 Å². The molecule has 1 aromatic rings. The summed E-state index contributed by atoms with van der Waals surface area (Å²) in [5.74, 6) is 0.215. The van der Waals surface area contributed by atoms with E-state index in [-0.39, 0.29) is 11.4 Å². The number of carbonyl (C=O) groups excluding carboxylic acids is 1. The largest absolute Gasteiger partial charge is 0.347 e. The Hall–Kier alpha value is -1.31. The molecule has 2 nitrogen and oxygen atoms in total. The van der Waals surface area contributed by atoms with Gasteiger partial charge in [-0.1, -0.05) is 50.1 Å². The van der Waals surface area contributed by atoms with Crippen LogP contribution in [0.3, 0.4) is 0 Å². The lowest BCUT2D eigenvalue weighted by Crippen LogP contribution is -2.50. The van der Waals surface area contributed by atoms with E-state index in [1.807, 2.05) is 6.07 Å². The van der Waals surface area contributed by atoms with Gasteiger partial charge in [0.05, 0.1) is 5.54 Å². The summed E-state index contributed by atoms with van der Waals surface area (Å²) in [5, 5.41) is 3.27. The first-order valence-corrected chi connectivity index (χ1v) is 7.13. The summed E-state index contributed by atoms with van der Waals surface area (Å²) >= 11 is 0. The second-order valence-electron chi connectivity index (χ2n) is 5.31. The van der Waals surface area contributed by atoms with Gasteiger partial charge in [0.1, 0.15) is 0 Å². The van der Waals surface area contributed by atoms with Gasteiger partial charge in [0, 0.05) is 6.42 Å². The maximum absolute atomic E-state index is 12.0. The fraction of sp³-hybridized carbons (Fsp3) is 0.562. The molecule has 0 saturated heterocycles. The molecule has 2 heteroatoms. The molecule has 0 spiro atoms. The first-order chi connectivity index (χ1) is 8.77. The van der Waals surface area contributed by atoms with Crippen LogP contribution >= 0.6 is 0 Å². The molecular weight excluding hydrogens is 222 g/mol. The van der Waals surface area contributed by atoms with E-state index < -0.39 is 0 Å². The van der Waals surface area contributed by atoms with Crippen molar-refractivity contribution in [2.24, 2.45) is 0 Å². The monoisotopic (exact) mass is 245 g/mol. The molecule has 0 atom stereocenters. The minimum atomic E-state index is -0.0649. The summed E-state index contributed by atoms with van der Waals surface area (Å²) in [4.78, 5) is 12.0. The molecule has 0 unspecified atom stereocenters. The lowest BCUT2D eigenvalue weighted by molar-refractivity contribution is -0.124. The van der Waals surface area contributed by atoms with Crippen LogP contribution in [0.25, 0.3) is 0 Å². The standard InChI is InChI=1S/C16H23NO/c1-2-3-5-11-15(18)17-16(12-8-13-16)14-9-6-4-7-10-14/h4,6-7,9-10H,2-3,5,8,11-13H2,1H3,(H,17,18). The molecule has 1 N–H and O–H groups in total. The molecule has 1 amide bonds. The number of amides is 1. The molecule has 1 saturated carbocycles. The smallest absolute Gasteiger partial charge is 0.220 e. The molecule has 1 aliphatic rings. The van der Waals surface area contributed by atoms with Crippen molar-refractivity contribution in [2.75, 3.05) is 0 Å². The molecule has 0 aromatic heterocycles. The Morgan fingerprint density at radius 3 is 2.50 bits per heavy atom. The van der Waals surface area contributed by atoms with Crippen LogP contribution in [0.15, 0.2) is 30.3 Å². The minimum absolute atomic E-state index is 0.0649. The van der Waals surface area contributed by atoms with Gasteiger partial charge in [0.15, 0.2) is 0 Å². The predicted octanol–water partition coefficient (Wildman–Crippen LogP) is 3.76. The van der Waals surface area contributed by atoms with Crippen LogP contribution in [0.4, 0.5) is 0 Å². The molecular formula is C16H23NO. The van der Waals surface area contributed by atoms with Gasteiger partial charge in [-0.15, -0.1) is 0 Å². The van der Waals surface area contributed by atoms with Crippen molar-refractivity contribution in [1.29, 1.82) is 0 Å². The minimum Gasteiger partial charge on any atom is -0.347 e. The lowest BCUT2D eigenvalue weighted by atomic mass is 9.71. The number of nitrogens with one attached hydrogen (secondary N) is 1. The van der Waals surface area contributed by atoms with Gasteiger partial charge in [-0.2, -0.15) is 0 Å². The molecule has 2 rings (SSSR count). The lowest BCUT2D eigenvalue weighted by Gasteiger charge is -2.43. The van der Waals surface area contributed by atoms with Crippen molar-refractivity contribution in [1.82, 2.24) is 5.32 Å². The molecule has 0 aliphatic heterocycles. The summed E-state index contributed by atoms with van der Waals surface area (Å²) in [6.45, 7) is 2.16. The number of hydrogen-bond acceptors (Lipinski definition) is 1. The Labute approximate surface area is 110 Å². The van der Waals surface area contributed by atoms with Gasteiger partial charge in [-0.05, 0) is 31.2 Å². The van der Waals surface area contributed by atoms with Gasteiger partial charge < -0.3 is 5.32 Å². The Bertz CT molecular complexity index is 381. The Morgan fingerprint density at radius 2 is 1.94 bits per heavy atom. The number of carbonyl (C=O) groups is 1. The summed E-state index contributed by atoms with van der Waals surface area (Å²) in [6, 6.07) is 10.4. The Morgan fingerprint density at radius 1 is 1.22 bits per heavy atom. The van der Waals surface area contributed by atoms with Crippen LogP contribution in [0, 0.1) is 0 Å². The maximum atomic E-state index is 12.0. The molecule has 98 valence electrons. The molecule has 0 bridgehead atoms. The van der Waals surface area contributed by atoms with Gasteiger partial charge in [-0.25, -0.2) is 0 Å². The van der Waals surface area contributed by atoms with E-state index in [1.165, 1.54) is 12.0 Å². The van der Waals surface area contributed by atoms with Crippen LogP contribution < -0.4 is 5.32 Å². The third-order valence-electron chi connectivity index (χ3n) is 3.92. The third-order valence-corrected chi connectivity index (χ3v) is 3.92. The van der Waals surface area contributed by atoms with Crippen molar-refractivity contribution in [2.45, 2.75) is 57.4 Å². The Kier molecular flexibility index (Phi) is 4.40. The number of hydrogen-bond donors (Lipinski definition) is 1. The predicted molar refractivity (Wildman–Crippen MR) is 74.3 cm³/mol. The first kappa shape index (κ1) is 13.1. The van der Waals surface area contributed by atoms with Gasteiger partial charge in [0.25, 0.3) is 0 Å². The fourth-order valence-corrected chi connectivity index (χ4v) is 2.64. The van der Waals surface area contributed by atoms with Crippen molar-refractivity contribution < 1.29 is 4.79 Å². The molecule has 1 aliphatic carbocycles. The molecule has 18 heavy (non-hydrogen) atoms. The van der Waals surface area contributed by atoms with Crippen LogP contribution in [0.5, 0.6) is 0 Å². The SMILES string of the molecule is CCCCCC(=O)NC1(c2ccccc2)CCC1. The highest BCUT2D eigenvalue weighted by Crippen LogP contribution is 2.41. The summed E-state index contributed by atoms with van der Waals surface area (Å²) in [7, 11) is 0. The van der Waals surface area contributed by atoms with Gasteiger partial charge in [-0.3, -0.25) is 4.79 Å². The van der Waals surface area contributed by atoms with E-state index in [4.69, 9.17) is 0 Å². The highest BCUT2D eigenvalue weighted by molar-refractivity contribution is 5.77. The zero-order chi connectivity index (χ0) is 12.8. The normalized spacial score (nSPS) is 16.9. The average Bonchev–Trinajstić information content (AvgIpc) is 2.35. The third kappa shape index (κ3) is 2.92. The zero-order valence-corrected chi connectivity index (χ0v) is 11.2. The summed E-state index contributed by atoms with van der Waals surface area (Å²) in [6.07, 6.45) is 7.36. The van der Waals surface area contributed by atoms with E-state index in [9.17, 15) is 4.79 Å². The molecule has 0 radical (unpaired) electrons. The van der Waals surface area contributed by atoms with E-state index >= 15 is 0 Å². The fourth-order valence-electron chi connectivity index (χ4n) is 2.64. The second kappa shape index (κ2) is 6.03. The van der Waals surface area contributed by atoms with Gasteiger partial charge in [0.2, 0.25) is 5.91 Å².